The number of aryl methyl sites for hydroxylation is 1. The van der Waals surface area contributed by atoms with Crippen molar-refractivity contribution in [3.8, 4) is 0 Å². The molecule has 0 unspecified atom stereocenters. The van der Waals surface area contributed by atoms with Gasteiger partial charge in [0, 0.05) is 31.6 Å². The number of likely N-dealkylation sites (tertiary alicyclic amines) is 1. The topological polar surface area (TPSA) is 55.2 Å². The Bertz CT molecular complexity index is 1320. The van der Waals surface area contributed by atoms with Crippen molar-refractivity contribution in [1.82, 2.24) is 14.5 Å². The maximum Gasteiger partial charge on any atom is 0.261 e. The number of carbonyl (C=O) groups is 1. The number of halogens is 2. The van der Waals surface area contributed by atoms with Crippen LogP contribution in [0.1, 0.15) is 53.8 Å². The zero-order valence-corrected chi connectivity index (χ0v) is 18.3. The fraction of sp³-hybridized carbons (Fsp3) is 0.346. The van der Waals surface area contributed by atoms with E-state index >= 15 is 0 Å². The first-order valence-electron chi connectivity index (χ1n) is 11.5. The van der Waals surface area contributed by atoms with Gasteiger partial charge < -0.3 is 4.90 Å². The molecule has 2 aromatic carbocycles. The molecule has 3 heterocycles. The van der Waals surface area contributed by atoms with E-state index in [9.17, 15) is 18.4 Å². The van der Waals surface area contributed by atoms with E-state index in [1.54, 1.807) is 33.7 Å². The molecule has 0 N–H and O–H groups in total. The molecule has 7 heteroatoms. The SMILES string of the molecule is O=C(c1ccc2c(=O)n3c(nc2c1)CCCCC3)N1CCC(=Cc2ccc(F)c(F)c2)CC1. The summed E-state index contributed by atoms with van der Waals surface area (Å²) >= 11 is 0. The molecule has 0 aliphatic carbocycles. The second-order valence-electron chi connectivity index (χ2n) is 8.80. The number of nitrogens with zero attached hydrogens (tertiary/aromatic N) is 3. The van der Waals surface area contributed by atoms with E-state index in [0.29, 0.717) is 54.5 Å². The fourth-order valence-corrected chi connectivity index (χ4v) is 4.71. The minimum atomic E-state index is -0.863. The summed E-state index contributed by atoms with van der Waals surface area (Å²) in [6, 6.07) is 9.02. The summed E-state index contributed by atoms with van der Waals surface area (Å²) in [6.07, 6.45) is 7.08. The van der Waals surface area contributed by atoms with Gasteiger partial charge in [-0.3, -0.25) is 14.2 Å². The molecule has 1 fully saturated rings. The minimum Gasteiger partial charge on any atom is -0.338 e. The zero-order chi connectivity index (χ0) is 22.9. The molecule has 33 heavy (non-hydrogen) atoms. The van der Waals surface area contributed by atoms with Crippen molar-refractivity contribution in [2.24, 2.45) is 0 Å². The monoisotopic (exact) mass is 449 g/mol. The van der Waals surface area contributed by atoms with Crippen molar-refractivity contribution in [2.75, 3.05) is 13.1 Å². The summed E-state index contributed by atoms with van der Waals surface area (Å²) in [7, 11) is 0. The van der Waals surface area contributed by atoms with Crippen LogP contribution in [0, 0.1) is 11.6 Å². The summed E-state index contributed by atoms with van der Waals surface area (Å²) in [5.74, 6) is -1.00. The molecule has 0 bridgehead atoms. The van der Waals surface area contributed by atoms with Gasteiger partial charge in [0.05, 0.1) is 10.9 Å². The van der Waals surface area contributed by atoms with Gasteiger partial charge in [-0.2, -0.15) is 0 Å². The summed E-state index contributed by atoms with van der Waals surface area (Å²) in [5, 5.41) is 0.549. The number of amides is 1. The Morgan fingerprint density at radius 3 is 2.52 bits per heavy atom. The zero-order valence-electron chi connectivity index (χ0n) is 18.3. The lowest BCUT2D eigenvalue weighted by Crippen LogP contribution is -2.36. The van der Waals surface area contributed by atoms with Gasteiger partial charge in [-0.05, 0) is 61.6 Å². The number of aromatic nitrogens is 2. The smallest absolute Gasteiger partial charge is 0.261 e. The van der Waals surface area contributed by atoms with E-state index in [1.165, 1.54) is 6.07 Å². The van der Waals surface area contributed by atoms with Crippen LogP contribution in [0.4, 0.5) is 8.78 Å². The molecular formula is C26H25F2N3O2. The molecule has 0 atom stereocenters. The summed E-state index contributed by atoms with van der Waals surface area (Å²) in [4.78, 5) is 32.5. The highest BCUT2D eigenvalue weighted by molar-refractivity contribution is 5.97. The molecule has 1 saturated heterocycles. The molecule has 5 rings (SSSR count). The van der Waals surface area contributed by atoms with Crippen LogP contribution in [0.3, 0.4) is 0 Å². The first-order chi connectivity index (χ1) is 16.0. The van der Waals surface area contributed by atoms with Gasteiger partial charge in [0.15, 0.2) is 11.6 Å². The lowest BCUT2D eigenvalue weighted by atomic mass is 10.00. The van der Waals surface area contributed by atoms with Gasteiger partial charge in [-0.25, -0.2) is 13.8 Å². The number of hydrogen-bond acceptors (Lipinski definition) is 3. The lowest BCUT2D eigenvalue weighted by molar-refractivity contribution is 0.0744. The molecule has 170 valence electrons. The van der Waals surface area contributed by atoms with E-state index in [1.807, 2.05) is 6.08 Å². The van der Waals surface area contributed by atoms with Gasteiger partial charge in [-0.15, -0.1) is 0 Å². The fourth-order valence-electron chi connectivity index (χ4n) is 4.71. The molecule has 3 aromatic rings. The molecule has 5 nitrogen and oxygen atoms in total. The highest BCUT2D eigenvalue weighted by Crippen LogP contribution is 2.23. The molecule has 2 aliphatic heterocycles. The Morgan fingerprint density at radius 2 is 1.73 bits per heavy atom. The summed E-state index contributed by atoms with van der Waals surface area (Å²) in [5.41, 5.74) is 2.80. The number of benzene rings is 2. The van der Waals surface area contributed by atoms with Crippen molar-refractivity contribution in [3.63, 3.8) is 0 Å². The molecular weight excluding hydrogens is 424 g/mol. The average Bonchev–Trinajstić information content (AvgIpc) is 3.07. The van der Waals surface area contributed by atoms with Crippen LogP contribution in [0.15, 0.2) is 46.8 Å². The van der Waals surface area contributed by atoms with Gasteiger partial charge >= 0.3 is 0 Å². The van der Waals surface area contributed by atoms with Crippen molar-refractivity contribution in [2.45, 2.75) is 45.1 Å². The molecule has 0 radical (unpaired) electrons. The van der Waals surface area contributed by atoms with Crippen LogP contribution in [0.2, 0.25) is 0 Å². The van der Waals surface area contributed by atoms with Crippen molar-refractivity contribution >= 4 is 22.9 Å². The second-order valence-corrected chi connectivity index (χ2v) is 8.80. The Labute approximate surface area is 190 Å². The van der Waals surface area contributed by atoms with Crippen LogP contribution in [0.25, 0.3) is 17.0 Å². The largest absolute Gasteiger partial charge is 0.338 e. The van der Waals surface area contributed by atoms with Gasteiger partial charge in [0.2, 0.25) is 0 Å². The minimum absolute atomic E-state index is 0.0270. The average molecular weight is 450 g/mol. The standard InChI is InChI=1S/C26H25F2N3O2/c27-21-8-5-18(15-22(21)28)14-17-9-12-30(13-10-17)25(32)19-6-7-20-23(16-19)29-24-4-2-1-3-11-31(24)26(20)33/h5-8,14-16H,1-4,9-13H2. The number of hydrogen-bond donors (Lipinski definition) is 0. The molecule has 2 aliphatic rings. The first kappa shape index (κ1) is 21.5. The highest BCUT2D eigenvalue weighted by atomic mass is 19.2. The van der Waals surface area contributed by atoms with E-state index in [2.05, 4.69) is 0 Å². The van der Waals surface area contributed by atoms with Crippen LogP contribution in [-0.4, -0.2) is 33.4 Å². The van der Waals surface area contributed by atoms with Gasteiger partial charge in [-0.1, -0.05) is 24.1 Å². The van der Waals surface area contributed by atoms with Gasteiger partial charge in [0.1, 0.15) is 5.82 Å². The normalized spacial score (nSPS) is 16.4. The third-order valence-corrected chi connectivity index (χ3v) is 6.57. The summed E-state index contributed by atoms with van der Waals surface area (Å²) < 4.78 is 28.4. The predicted molar refractivity (Wildman–Crippen MR) is 123 cm³/mol. The maximum absolute atomic E-state index is 13.5. The Balaban J connectivity index is 1.33. The Hall–Kier alpha value is -3.35. The number of fused-ring (bicyclic) bond motifs is 2. The first-order valence-corrected chi connectivity index (χ1v) is 11.5. The van der Waals surface area contributed by atoms with E-state index in [4.69, 9.17) is 4.98 Å². The van der Waals surface area contributed by atoms with Crippen LogP contribution in [0.5, 0.6) is 0 Å². The number of rotatable bonds is 2. The quantitative estimate of drug-likeness (QED) is 0.569. The van der Waals surface area contributed by atoms with Gasteiger partial charge in [0.25, 0.3) is 11.5 Å². The third kappa shape index (κ3) is 4.32. The Kier molecular flexibility index (Phi) is 5.79. The van der Waals surface area contributed by atoms with Crippen molar-refractivity contribution in [1.29, 1.82) is 0 Å². The Morgan fingerprint density at radius 1 is 0.909 bits per heavy atom. The van der Waals surface area contributed by atoms with E-state index in [0.717, 1.165) is 43.1 Å². The molecule has 1 aromatic heterocycles. The van der Waals surface area contributed by atoms with Crippen LogP contribution < -0.4 is 5.56 Å². The lowest BCUT2D eigenvalue weighted by Gasteiger charge is -2.28. The number of piperidine rings is 1. The van der Waals surface area contributed by atoms with E-state index in [-0.39, 0.29) is 11.5 Å². The molecule has 0 saturated carbocycles. The third-order valence-electron chi connectivity index (χ3n) is 6.57. The van der Waals surface area contributed by atoms with E-state index < -0.39 is 11.6 Å². The summed E-state index contributed by atoms with van der Waals surface area (Å²) in [6.45, 7) is 1.80. The highest BCUT2D eigenvalue weighted by Gasteiger charge is 2.22. The van der Waals surface area contributed by atoms with Crippen LogP contribution >= 0.6 is 0 Å². The van der Waals surface area contributed by atoms with Crippen molar-refractivity contribution < 1.29 is 13.6 Å². The maximum atomic E-state index is 13.5. The van der Waals surface area contributed by atoms with Crippen LogP contribution in [-0.2, 0) is 13.0 Å². The molecule has 1 amide bonds. The number of carbonyl (C=O) groups excluding carboxylic acids is 1. The molecule has 0 spiro atoms. The predicted octanol–water partition coefficient (Wildman–Crippen LogP) is 4.72. The van der Waals surface area contributed by atoms with Crippen molar-refractivity contribution in [3.05, 3.63) is 80.9 Å². The second kappa shape index (κ2) is 8.89.